The van der Waals surface area contributed by atoms with Gasteiger partial charge < -0.3 is 24.8 Å². The second kappa shape index (κ2) is 12.1. The average molecular weight is 567 g/mol. The Kier molecular flexibility index (Phi) is 8.87. The lowest BCUT2D eigenvalue weighted by Crippen LogP contribution is -2.38. The summed E-state index contributed by atoms with van der Waals surface area (Å²) in [5.74, 6) is 0.428. The van der Waals surface area contributed by atoms with Crippen molar-refractivity contribution in [1.29, 1.82) is 0 Å². The van der Waals surface area contributed by atoms with Crippen molar-refractivity contribution in [2.75, 3.05) is 26.5 Å². The van der Waals surface area contributed by atoms with Crippen LogP contribution in [0.3, 0.4) is 0 Å². The Morgan fingerprint density at radius 1 is 1.05 bits per heavy atom. The highest BCUT2D eigenvalue weighted by atomic mass is 35.5. The molecule has 0 bridgehead atoms. The second-order valence-electron chi connectivity index (χ2n) is 9.26. The normalized spacial score (nSPS) is 18.3. The Balaban J connectivity index is 0.00000353. The van der Waals surface area contributed by atoms with Crippen LogP contribution in [0.2, 0.25) is 0 Å². The predicted octanol–water partition coefficient (Wildman–Crippen LogP) is 5.70. The Bertz CT molecular complexity index is 1320. The van der Waals surface area contributed by atoms with Gasteiger partial charge in [-0.2, -0.15) is 13.2 Å². The number of carbonyl (C=O) groups excluding carboxylic acids is 1. The first kappa shape index (κ1) is 28.5. The van der Waals surface area contributed by atoms with Crippen molar-refractivity contribution in [1.82, 2.24) is 10.6 Å². The number of nitrogens with one attached hydrogen (secondary N) is 2. The maximum absolute atomic E-state index is 14.7. The number of hydrogen-bond acceptors (Lipinski definition) is 5. The molecule has 208 valence electrons. The van der Waals surface area contributed by atoms with Gasteiger partial charge in [-0.1, -0.05) is 24.3 Å². The van der Waals surface area contributed by atoms with Gasteiger partial charge in [0, 0.05) is 25.1 Å². The lowest BCUT2D eigenvalue weighted by molar-refractivity contribution is -0.138. The van der Waals surface area contributed by atoms with Crippen LogP contribution < -0.4 is 24.8 Å². The lowest BCUT2D eigenvalue weighted by Gasteiger charge is -2.32. The van der Waals surface area contributed by atoms with Crippen LogP contribution in [0, 0.1) is 11.7 Å². The monoisotopic (exact) mass is 566 g/mol. The molecule has 2 heterocycles. The first-order valence-corrected chi connectivity index (χ1v) is 12.3. The third-order valence-electron chi connectivity index (χ3n) is 6.84. The molecule has 0 unspecified atom stereocenters. The highest BCUT2D eigenvalue weighted by Gasteiger charge is 2.33. The molecule has 0 radical (unpaired) electrons. The highest BCUT2D eigenvalue weighted by molar-refractivity contribution is 5.94. The molecule has 1 fully saturated rings. The zero-order valence-electron chi connectivity index (χ0n) is 20.7. The number of alkyl halides is 3. The van der Waals surface area contributed by atoms with Crippen LogP contribution in [0.4, 0.5) is 17.6 Å². The summed E-state index contributed by atoms with van der Waals surface area (Å²) < 4.78 is 71.3. The van der Waals surface area contributed by atoms with Crippen LogP contribution in [-0.4, -0.2) is 32.4 Å². The summed E-state index contributed by atoms with van der Waals surface area (Å²) in [6, 6.07) is 14.7. The number of benzene rings is 3. The maximum Gasteiger partial charge on any atom is 0.416 e. The molecule has 0 saturated carbocycles. The zero-order valence-corrected chi connectivity index (χ0v) is 21.5. The number of piperidine rings is 1. The summed E-state index contributed by atoms with van der Waals surface area (Å²) in [7, 11) is 0. The van der Waals surface area contributed by atoms with Gasteiger partial charge in [0.1, 0.15) is 11.6 Å². The molecule has 2 aliphatic heterocycles. The average Bonchev–Trinajstić information content (AvgIpc) is 3.39. The van der Waals surface area contributed by atoms with Gasteiger partial charge in [0.15, 0.2) is 11.5 Å². The molecule has 2 N–H and O–H groups in total. The molecule has 39 heavy (non-hydrogen) atoms. The minimum Gasteiger partial charge on any atom is -0.493 e. The van der Waals surface area contributed by atoms with Gasteiger partial charge in [0.05, 0.1) is 17.7 Å². The molecule has 1 amide bonds. The summed E-state index contributed by atoms with van der Waals surface area (Å²) in [6.07, 6.45) is -3.81. The number of rotatable bonds is 7. The predicted molar refractivity (Wildman–Crippen MR) is 138 cm³/mol. The number of fused-ring (bicyclic) bond motifs is 1. The largest absolute Gasteiger partial charge is 0.493 e. The van der Waals surface area contributed by atoms with E-state index >= 15 is 0 Å². The minimum atomic E-state index is -4.56. The number of halogens is 5. The van der Waals surface area contributed by atoms with E-state index in [1.54, 1.807) is 24.3 Å². The molecule has 11 heteroatoms. The van der Waals surface area contributed by atoms with Gasteiger partial charge in [-0.25, -0.2) is 4.39 Å². The Morgan fingerprint density at radius 3 is 2.67 bits per heavy atom. The molecule has 5 rings (SSSR count). The van der Waals surface area contributed by atoms with Crippen LogP contribution in [0.1, 0.15) is 39.4 Å². The van der Waals surface area contributed by atoms with Crippen LogP contribution >= 0.6 is 12.4 Å². The van der Waals surface area contributed by atoms with Crippen molar-refractivity contribution in [3.05, 3.63) is 88.7 Å². The van der Waals surface area contributed by atoms with Crippen molar-refractivity contribution in [3.8, 4) is 17.2 Å². The van der Waals surface area contributed by atoms with Gasteiger partial charge in [0.2, 0.25) is 6.79 Å². The van der Waals surface area contributed by atoms with E-state index in [-0.39, 0.29) is 48.7 Å². The molecule has 2 aliphatic rings. The molecule has 0 aromatic heterocycles. The van der Waals surface area contributed by atoms with Gasteiger partial charge in [-0.3, -0.25) is 4.79 Å². The SMILES string of the molecule is Cl.O=C(NCc1ccccc1C(F)(F)F)c1cc([C@@H]2CCNC[C@H]2COc2ccc3c(c2)OCO3)ccc1F. The van der Waals surface area contributed by atoms with E-state index in [1.807, 2.05) is 0 Å². The highest BCUT2D eigenvalue weighted by Crippen LogP contribution is 2.37. The number of hydrogen-bond donors (Lipinski definition) is 2. The summed E-state index contributed by atoms with van der Waals surface area (Å²) in [5.41, 5.74) is -0.368. The molecule has 2 atom stereocenters. The van der Waals surface area contributed by atoms with Crippen molar-refractivity contribution in [2.45, 2.75) is 25.1 Å². The van der Waals surface area contributed by atoms with Crippen LogP contribution in [-0.2, 0) is 12.7 Å². The molecule has 0 spiro atoms. The quantitative estimate of drug-likeness (QED) is 0.359. The summed E-state index contributed by atoms with van der Waals surface area (Å²) in [5, 5.41) is 5.79. The lowest BCUT2D eigenvalue weighted by atomic mass is 9.81. The smallest absolute Gasteiger partial charge is 0.416 e. The van der Waals surface area contributed by atoms with E-state index in [0.29, 0.717) is 30.4 Å². The molecule has 1 saturated heterocycles. The maximum atomic E-state index is 14.7. The van der Waals surface area contributed by atoms with E-state index in [0.717, 1.165) is 24.6 Å². The second-order valence-corrected chi connectivity index (χ2v) is 9.26. The fourth-order valence-corrected chi connectivity index (χ4v) is 4.88. The fourth-order valence-electron chi connectivity index (χ4n) is 4.88. The molecule has 3 aromatic rings. The van der Waals surface area contributed by atoms with E-state index in [2.05, 4.69) is 10.6 Å². The van der Waals surface area contributed by atoms with E-state index < -0.39 is 23.5 Å². The van der Waals surface area contributed by atoms with Gasteiger partial charge in [-0.15, -0.1) is 12.4 Å². The zero-order chi connectivity index (χ0) is 26.7. The van der Waals surface area contributed by atoms with Crippen molar-refractivity contribution < 1.29 is 36.6 Å². The summed E-state index contributed by atoms with van der Waals surface area (Å²) in [4.78, 5) is 12.8. The Morgan fingerprint density at radius 2 is 1.85 bits per heavy atom. The third kappa shape index (κ3) is 6.57. The minimum absolute atomic E-state index is 0. The topological polar surface area (TPSA) is 68.8 Å². The van der Waals surface area contributed by atoms with Crippen molar-refractivity contribution in [2.24, 2.45) is 5.92 Å². The van der Waals surface area contributed by atoms with Crippen LogP contribution in [0.5, 0.6) is 17.2 Å². The van der Waals surface area contributed by atoms with E-state index in [4.69, 9.17) is 14.2 Å². The Labute approximate surface area is 229 Å². The first-order valence-electron chi connectivity index (χ1n) is 12.3. The number of carbonyl (C=O) groups is 1. The summed E-state index contributed by atoms with van der Waals surface area (Å²) >= 11 is 0. The number of amides is 1. The van der Waals surface area contributed by atoms with Crippen LogP contribution in [0.15, 0.2) is 60.7 Å². The molecular weight excluding hydrogens is 540 g/mol. The standard InChI is InChI=1S/C28H26F4N2O4.ClH/c29-24-7-5-17(11-22(24)27(35)34-14-18-3-1-2-4-23(18)28(30,31)32)21-9-10-33-13-19(21)15-36-20-6-8-25-26(12-20)38-16-37-25;/h1-8,11-12,19,21,33H,9-10,13-16H2,(H,34,35);1H/t19-,21-;/m0./s1. The molecule has 6 nitrogen and oxygen atoms in total. The first-order chi connectivity index (χ1) is 18.3. The third-order valence-corrected chi connectivity index (χ3v) is 6.84. The van der Waals surface area contributed by atoms with Gasteiger partial charge in [-0.05, 0) is 60.3 Å². The van der Waals surface area contributed by atoms with Crippen molar-refractivity contribution >= 4 is 18.3 Å². The van der Waals surface area contributed by atoms with Gasteiger partial charge in [0.25, 0.3) is 5.91 Å². The number of ether oxygens (including phenoxy) is 3. The van der Waals surface area contributed by atoms with Crippen LogP contribution in [0.25, 0.3) is 0 Å². The molecule has 0 aliphatic carbocycles. The van der Waals surface area contributed by atoms with E-state index in [9.17, 15) is 22.4 Å². The summed E-state index contributed by atoms with van der Waals surface area (Å²) in [6.45, 7) is 1.59. The van der Waals surface area contributed by atoms with Gasteiger partial charge >= 0.3 is 6.18 Å². The fraction of sp³-hybridized carbons (Fsp3) is 0.321. The molecule has 3 aromatic carbocycles. The van der Waals surface area contributed by atoms with Crippen molar-refractivity contribution in [3.63, 3.8) is 0 Å². The molecular formula is C28H27ClF4N2O4. The Hall–Kier alpha value is -3.50. The van der Waals surface area contributed by atoms with E-state index in [1.165, 1.54) is 30.3 Å².